The van der Waals surface area contributed by atoms with E-state index in [0.29, 0.717) is 22.0 Å². The van der Waals surface area contributed by atoms with Crippen LogP contribution in [-0.4, -0.2) is 16.8 Å². The molecule has 0 radical (unpaired) electrons. The lowest BCUT2D eigenvalue weighted by Crippen LogP contribution is -2.29. The van der Waals surface area contributed by atoms with Crippen LogP contribution in [0.2, 0.25) is 5.02 Å². The zero-order valence-electron chi connectivity index (χ0n) is 15.6. The normalized spacial score (nSPS) is 18.4. The monoisotopic (exact) mass is 407 g/mol. The van der Waals surface area contributed by atoms with Crippen molar-refractivity contribution in [3.63, 3.8) is 0 Å². The maximum absolute atomic E-state index is 12.9. The molecule has 3 aromatic rings. The number of rotatable bonds is 4. The highest BCUT2D eigenvalue weighted by molar-refractivity contribution is 6.51. The van der Waals surface area contributed by atoms with E-state index in [1.54, 1.807) is 48.5 Å². The number of benzene rings is 2. The summed E-state index contributed by atoms with van der Waals surface area (Å²) in [5.74, 6) is -1.41. The van der Waals surface area contributed by atoms with Gasteiger partial charge in [-0.3, -0.25) is 14.5 Å². The highest BCUT2D eigenvalue weighted by Crippen LogP contribution is 2.42. The molecule has 146 valence electrons. The number of aliphatic hydroxyl groups is 1. The third-order valence-corrected chi connectivity index (χ3v) is 5.21. The average Bonchev–Trinajstić information content (AvgIpc) is 3.35. The number of halogens is 1. The molecule has 1 aliphatic rings. The van der Waals surface area contributed by atoms with Gasteiger partial charge in [0.15, 0.2) is 0 Å². The van der Waals surface area contributed by atoms with Crippen molar-refractivity contribution in [1.29, 1.82) is 0 Å². The largest absolute Gasteiger partial charge is 0.507 e. The van der Waals surface area contributed by atoms with Gasteiger partial charge in [-0.1, -0.05) is 42.8 Å². The Bertz CT molecular complexity index is 1100. The van der Waals surface area contributed by atoms with E-state index in [4.69, 9.17) is 16.0 Å². The van der Waals surface area contributed by atoms with Crippen molar-refractivity contribution in [3.8, 4) is 0 Å². The highest BCUT2D eigenvalue weighted by atomic mass is 35.5. The minimum absolute atomic E-state index is 0.0354. The number of carbonyl (C=O) groups excluding carboxylic acids is 2. The minimum Gasteiger partial charge on any atom is -0.507 e. The van der Waals surface area contributed by atoms with Gasteiger partial charge in [0.1, 0.15) is 17.6 Å². The van der Waals surface area contributed by atoms with Crippen molar-refractivity contribution in [2.45, 2.75) is 19.4 Å². The smallest absolute Gasteiger partial charge is 0.300 e. The third kappa shape index (κ3) is 3.34. The van der Waals surface area contributed by atoms with Crippen LogP contribution in [-0.2, 0) is 16.0 Å². The fourth-order valence-electron chi connectivity index (χ4n) is 3.50. The van der Waals surface area contributed by atoms with Gasteiger partial charge in [0.2, 0.25) is 0 Å². The van der Waals surface area contributed by atoms with E-state index < -0.39 is 17.7 Å². The number of amides is 1. The molecule has 1 aliphatic heterocycles. The fourth-order valence-corrected chi connectivity index (χ4v) is 3.69. The molecule has 1 saturated heterocycles. The zero-order valence-corrected chi connectivity index (χ0v) is 16.4. The zero-order chi connectivity index (χ0) is 20.5. The molecular weight excluding hydrogens is 390 g/mol. The summed E-state index contributed by atoms with van der Waals surface area (Å²) in [6.45, 7) is 2.04. The number of anilines is 1. The first-order valence-electron chi connectivity index (χ1n) is 9.20. The molecular formula is C23H18ClNO4. The van der Waals surface area contributed by atoms with Gasteiger partial charge in [-0.2, -0.15) is 0 Å². The summed E-state index contributed by atoms with van der Waals surface area (Å²) >= 11 is 6.04. The van der Waals surface area contributed by atoms with Crippen molar-refractivity contribution in [1.82, 2.24) is 0 Å². The van der Waals surface area contributed by atoms with E-state index in [9.17, 15) is 14.7 Å². The summed E-state index contributed by atoms with van der Waals surface area (Å²) in [5, 5.41) is 11.3. The van der Waals surface area contributed by atoms with Crippen molar-refractivity contribution in [3.05, 3.63) is 94.4 Å². The predicted molar refractivity (Wildman–Crippen MR) is 111 cm³/mol. The van der Waals surface area contributed by atoms with Gasteiger partial charge in [-0.15, -0.1) is 0 Å². The van der Waals surface area contributed by atoms with E-state index in [1.807, 2.05) is 19.1 Å². The maximum atomic E-state index is 12.9. The number of aliphatic hydroxyl groups excluding tert-OH is 1. The van der Waals surface area contributed by atoms with Crippen LogP contribution < -0.4 is 4.90 Å². The first-order valence-corrected chi connectivity index (χ1v) is 9.58. The van der Waals surface area contributed by atoms with Crippen molar-refractivity contribution >= 4 is 34.7 Å². The van der Waals surface area contributed by atoms with Crippen molar-refractivity contribution in [2.24, 2.45) is 0 Å². The molecule has 0 saturated carbocycles. The Morgan fingerprint density at radius 2 is 1.86 bits per heavy atom. The number of hydrogen-bond donors (Lipinski definition) is 1. The third-order valence-electron chi connectivity index (χ3n) is 4.98. The molecule has 1 unspecified atom stereocenters. The summed E-state index contributed by atoms with van der Waals surface area (Å²) in [6.07, 6.45) is 2.32. The van der Waals surface area contributed by atoms with Gasteiger partial charge in [0, 0.05) is 16.3 Å². The Labute approximate surface area is 172 Å². The van der Waals surface area contributed by atoms with E-state index in [1.165, 1.54) is 11.2 Å². The van der Waals surface area contributed by atoms with Crippen LogP contribution in [0, 0.1) is 0 Å². The fraction of sp³-hybridized carbons (Fsp3) is 0.130. The summed E-state index contributed by atoms with van der Waals surface area (Å²) in [6, 6.07) is 16.4. The minimum atomic E-state index is -0.878. The van der Waals surface area contributed by atoms with Gasteiger partial charge in [0.25, 0.3) is 11.7 Å². The Morgan fingerprint density at radius 3 is 2.48 bits per heavy atom. The first-order chi connectivity index (χ1) is 14.0. The predicted octanol–water partition coefficient (Wildman–Crippen LogP) is 5.12. The van der Waals surface area contributed by atoms with E-state index in [-0.39, 0.29) is 11.3 Å². The van der Waals surface area contributed by atoms with E-state index in [0.717, 1.165) is 12.0 Å². The van der Waals surface area contributed by atoms with Crippen LogP contribution in [0.5, 0.6) is 0 Å². The molecule has 2 aromatic carbocycles. The van der Waals surface area contributed by atoms with Gasteiger partial charge >= 0.3 is 0 Å². The first kappa shape index (κ1) is 19.0. The Balaban J connectivity index is 1.90. The van der Waals surface area contributed by atoms with Crippen molar-refractivity contribution < 1.29 is 19.1 Å². The second-order valence-electron chi connectivity index (χ2n) is 6.71. The number of hydrogen-bond acceptors (Lipinski definition) is 4. The van der Waals surface area contributed by atoms with Crippen LogP contribution in [0.15, 0.2) is 76.9 Å². The van der Waals surface area contributed by atoms with Gasteiger partial charge in [-0.05, 0) is 48.4 Å². The number of furan rings is 1. The van der Waals surface area contributed by atoms with Gasteiger partial charge in [0.05, 0.1) is 11.8 Å². The lowest BCUT2D eigenvalue weighted by atomic mass is 9.99. The van der Waals surface area contributed by atoms with Crippen LogP contribution >= 0.6 is 11.6 Å². The van der Waals surface area contributed by atoms with Crippen LogP contribution in [0.1, 0.15) is 29.9 Å². The molecule has 1 N–H and O–H groups in total. The highest BCUT2D eigenvalue weighted by Gasteiger charge is 2.48. The lowest BCUT2D eigenvalue weighted by molar-refractivity contribution is -0.132. The summed E-state index contributed by atoms with van der Waals surface area (Å²) in [5.41, 5.74) is 1.98. The summed E-state index contributed by atoms with van der Waals surface area (Å²) in [4.78, 5) is 27.2. The molecule has 6 heteroatoms. The lowest BCUT2D eigenvalue weighted by Gasteiger charge is -2.23. The summed E-state index contributed by atoms with van der Waals surface area (Å²) in [7, 11) is 0. The molecule has 4 rings (SSSR count). The second kappa shape index (κ2) is 7.60. The molecule has 1 atom stereocenters. The molecule has 0 bridgehead atoms. The van der Waals surface area contributed by atoms with Crippen molar-refractivity contribution in [2.75, 3.05) is 4.90 Å². The number of Topliss-reactive ketones (excluding diaryl/α,β-unsaturated/α-hetero) is 1. The molecule has 29 heavy (non-hydrogen) atoms. The number of carbonyl (C=O) groups is 2. The Kier molecular flexibility index (Phi) is 4.99. The van der Waals surface area contributed by atoms with E-state index >= 15 is 0 Å². The standard InChI is InChI=1S/C23H18ClNO4/c1-2-14-8-10-17(11-9-14)25-20(18-7-4-12-29-18)19(22(27)23(25)28)21(26)15-5-3-6-16(24)13-15/h3-13,20,26H,2H2,1H3/b21-19-. The molecule has 5 nitrogen and oxygen atoms in total. The molecule has 1 aromatic heterocycles. The van der Waals surface area contributed by atoms with Crippen LogP contribution in [0.4, 0.5) is 5.69 Å². The van der Waals surface area contributed by atoms with Gasteiger partial charge < -0.3 is 9.52 Å². The topological polar surface area (TPSA) is 70.8 Å². The van der Waals surface area contributed by atoms with Gasteiger partial charge in [-0.25, -0.2) is 0 Å². The maximum Gasteiger partial charge on any atom is 0.300 e. The molecule has 0 aliphatic carbocycles. The summed E-state index contributed by atoms with van der Waals surface area (Å²) < 4.78 is 5.53. The van der Waals surface area contributed by atoms with Crippen LogP contribution in [0.3, 0.4) is 0 Å². The number of nitrogens with zero attached hydrogens (tertiary/aromatic N) is 1. The second-order valence-corrected chi connectivity index (χ2v) is 7.15. The molecule has 1 fully saturated rings. The average molecular weight is 408 g/mol. The molecule has 2 heterocycles. The molecule has 0 spiro atoms. The Morgan fingerprint density at radius 1 is 1.10 bits per heavy atom. The SMILES string of the molecule is CCc1ccc(N2C(=O)C(=O)/C(=C(\O)c3cccc(Cl)c3)C2c2ccco2)cc1. The van der Waals surface area contributed by atoms with E-state index in [2.05, 4.69) is 0 Å². The molecule has 1 amide bonds. The number of aryl methyl sites for hydroxylation is 1. The quantitative estimate of drug-likeness (QED) is 0.370. The number of ketones is 1. The van der Waals surface area contributed by atoms with Crippen LogP contribution in [0.25, 0.3) is 5.76 Å². The Hall–Kier alpha value is -3.31.